The molecule has 0 atom stereocenters. The molecule has 0 amide bonds. The maximum atomic E-state index is 4.32. The Morgan fingerprint density at radius 3 is 2.72 bits per heavy atom. The maximum Gasteiger partial charge on any atom is 0.224 e. The number of aryl methyl sites for hydroxylation is 1. The summed E-state index contributed by atoms with van der Waals surface area (Å²) in [4.78, 5) is 0. The molecule has 0 spiro atoms. The number of piperidine rings is 1. The highest BCUT2D eigenvalue weighted by Crippen LogP contribution is 2.19. The van der Waals surface area contributed by atoms with E-state index in [2.05, 4.69) is 39.2 Å². The van der Waals surface area contributed by atoms with Crippen LogP contribution in [0.25, 0.3) is 0 Å². The zero-order valence-corrected chi connectivity index (χ0v) is 11.6. The Bertz CT molecular complexity index is 354. The van der Waals surface area contributed by atoms with Gasteiger partial charge >= 0.3 is 0 Å². The Balaban J connectivity index is 1.91. The molecule has 0 aromatic carbocycles. The van der Waals surface area contributed by atoms with Crippen molar-refractivity contribution in [2.24, 2.45) is 5.92 Å². The molecule has 5 heteroatoms. The molecule has 0 saturated carbocycles. The maximum absolute atomic E-state index is 4.32. The highest BCUT2D eigenvalue weighted by Gasteiger charge is 2.15. The summed E-state index contributed by atoms with van der Waals surface area (Å²) in [6.07, 6.45) is 4.91. The minimum Gasteiger partial charge on any atom is -0.355 e. The Morgan fingerprint density at radius 1 is 1.28 bits per heavy atom. The lowest BCUT2D eigenvalue weighted by molar-refractivity contribution is 0.351. The number of aromatic nitrogens is 3. The third-order valence-corrected chi connectivity index (χ3v) is 3.71. The van der Waals surface area contributed by atoms with E-state index in [0.29, 0.717) is 0 Å². The van der Waals surface area contributed by atoms with Crippen LogP contribution in [0.4, 0.5) is 5.95 Å². The van der Waals surface area contributed by atoms with Crippen molar-refractivity contribution in [2.75, 3.05) is 25.0 Å². The highest BCUT2D eigenvalue weighted by atomic mass is 15.3. The van der Waals surface area contributed by atoms with Crippen molar-refractivity contribution in [3.05, 3.63) is 5.82 Å². The molecular formula is C13H25N5. The van der Waals surface area contributed by atoms with Gasteiger partial charge in [-0.1, -0.05) is 0 Å². The fourth-order valence-corrected chi connectivity index (χ4v) is 2.65. The lowest BCUT2D eigenvalue weighted by Gasteiger charge is -2.22. The standard InChI is InChI=1S/C13H25N5/c1-3-15-13-17-16-12(18(13)4-2)6-5-11-7-9-14-10-8-11/h11,14H,3-10H2,1-2H3,(H,15,17). The van der Waals surface area contributed by atoms with E-state index in [-0.39, 0.29) is 0 Å². The predicted octanol–water partition coefficient (Wildman–Crippen LogP) is 1.66. The average molecular weight is 251 g/mol. The summed E-state index contributed by atoms with van der Waals surface area (Å²) in [5.41, 5.74) is 0. The van der Waals surface area contributed by atoms with E-state index in [0.717, 1.165) is 37.2 Å². The van der Waals surface area contributed by atoms with Gasteiger partial charge in [0, 0.05) is 19.5 Å². The topological polar surface area (TPSA) is 54.8 Å². The zero-order valence-electron chi connectivity index (χ0n) is 11.6. The van der Waals surface area contributed by atoms with E-state index in [1.807, 2.05) is 0 Å². The molecule has 18 heavy (non-hydrogen) atoms. The number of anilines is 1. The summed E-state index contributed by atoms with van der Waals surface area (Å²) in [6, 6.07) is 0. The molecule has 2 heterocycles. The largest absolute Gasteiger partial charge is 0.355 e. The van der Waals surface area contributed by atoms with Crippen molar-refractivity contribution < 1.29 is 0 Å². The smallest absolute Gasteiger partial charge is 0.224 e. The quantitative estimate of drug-likeness (QED) is 0.807. The molecule has 2 rings (SSSR count). The first-order valence-electron chi connectivity index (χ1n) is 7.21. The van der Waals surface area contributed by atoms with Crippen LogP contribution in [-0.4, -0.2) is 34.4 Å². The normalized spacial score (nSPS) is 17.0. The molecule has 2 N–H and O–H groups in total. The summed E-state index contributed by atoms with van der Waals surface area (Å²) >= 11 is 0. The van der Waals surface area contributed by atoms with Crippen molar-refractivity contribution in [3.63, 3.8) is 0 Å². The fourth-order valence-electron chi connectivity index (χ4n) is 2.65. The van der Waals surface area contributed by atoms with Crippen LogP contribution >= 0.6 is 0 Å². The van der Waals surface area contributed by atoms with Crippen LogP contribution in [0.3, 0.4) is 0 Å². The molecule has 1 aliphatic rings. The molecule has 1 saturated heterocycles. The van der Waals surface area contributed by atoms with Gasteiger partial charge in [-0.25, -0.2) is 0 Å². The van der Waals surface area contributed by atoms with E-state index in [4.69, 9.17) is 0 Å². The Labute approximate surface area is 109 Å². The summed E-state index contributed by atoms with van der Waals surface area (Å²) in [5.74, 6) is 2.91. The van der Waals surface area contributed by atoms with Crippen LogP contribution in [0.5, 0.6) is 0 Å². The molecule has 102 valence electrons. The summed E-state index contributed by atoms with van der Waals surface area (Å²) < 4.78 is 2.20. The van der Waals surface area contributed by atoms with Gasteiger partial charge < -0.3 is 10.6 Å². The van der Waals surface area contributed by atoms with Crippen LogP contribution in [-0.2, 0) is 13.0 Å². The molecule has 0 radical (unpaired) electrons. The van der Waals surface area contributed by atoms with Crippen LogP contribution in [0, 0.1) is 5.92 Å². The van der Waals surface area contributed by atoms with Gasteiger partial charge in [0.1, 0.15) is 5.82 Å². The molecule has 0 unspecified atom stereocenters. The second-order valence-electron chi connectivity index (χ2n) is 4.95. The third kappa shape index (κ3) is 3.22. The molecule has 0 bridgehead atoms. The van der Waals surface area contributed by atoms with Crippen molar-refractivity contribution >= 4 is 5.95 Å². The second-order valence-corrected chi connectivity index (χ2v) is 4.95. The second kappa shape index (κ2) is 6.73. The van der Waals surface area contributed by atoms with Crippen molar-refractivity contribution in [1.29, 1.82) is 0 Å². The summed E-state index contributed by atoms with van der Waals surface area (Å²) in [6.45, 7) is 8.42. The minimum absolute atomic E-state index is 0.857. The van der Waals surface area contributed by atoms with E-state index in [9.17, 15) is 0 Å². The summed E-state index contributed by atoms with van der Waals surface area (Å²) in [5, 5.41) is 15.2. The highest BCUT2D eigenvalue weighted by molar-refractivity contribution is 5.25. The van der Waals surface area contributed by atoms with Gasteiger partial charge in [-0.3, -0.25) is 4.57 Å². The van der Waals surface area contributed by atoms with Gasteiger partial charge in [0.25, 0.3) is 0 Å². The zero-order chi connectivity index (χ0) is 12.8. The van der Waals surface area contributed by atoms with E-state index in [1.165, 1.54) is 32.4 Å². The van der Waals surface area contributed by atoms with Gasteiger partial charge in [0.15, 0.2) is 0 Å². The molecule has 1 fully saturated rings. The van der Waals surface area contributed by atoms with E-state index in [1.54, 1.807) is 0 Å². The van der Waals surface area contributed by atoms with Crippen molar-refractivity contribution in [2.45, 2.75) is 46.1 Å². The minimum atomic E-state index is 0.857. The van der Waals surface area contributed by atoms with E-state index < -0.39 is 0 Å². The van der Waals surface area contributed by atoms with Crippen LogP contribution in [0.2, 0.25) is 0 Å². The lowest BCUT2D eigenvalue weighted by atomic mass is 9.93. The molecule has 0 aliphatic carbocycles. The average Bonchev–Trinajstić information content (AvgIpc) is 2.80. The van der Waals surface area contributed by atoms with Gasteiger partial charge in [0.05, 0.1) is 0 Å². The number of hydrogen-bond acceptors (Lipinski definition) is 4. The van der Waals surface area contributed by atoms with Gasteiger partial charge in [-0.15, -0.1) is 10.2 Å². The van der Waals surface area contributed by atoms with Gasteiger partial charge in [0.2, 0.25) is 5.95 Å². The monoisotopic (exact) mass is 251 g/mol. The third-order valence-electron chi connectivity index (χ3n) is 3.71. The molecule has 1 aromatic heterocycles. The first-order valence-corrected chi connectivity index (χ1v) is 7.21. The Kier molecular flexibility index (Phi) is 4.99. The first kappa shape index (κ1) is 13.3. The van der Waals surface area contributed by atoms with Gasteiger partial charge in [-0.2, -0.15) is 0 Å². The molecule has 5 nitrogen and oxygen atoms in total. The van der Waals surface area contributed by atoms with Gasteiger partial charge in [-0.05, 0) is 52.1 Å². The molecular weight excluding hydrogens is 226 g/mol. The number of rotatable bonds is 6. The molecule has 1 aromatic rings. The predicted molar refractivity (Wildman–Crippen MR) is 73.8 cm³/mol. The van der Waals surface area contributed by atoms with Crippen LogP contribution < -0.4 is 10.6 Å². The van der Waals surface area contributed by atoms with E-state index >= 15 is 0 Å². The lowest BCUT2D eigenvalue weighted by Crippen LogP contribution is -2.28. The van der Waals surface area contributed by atoms with Crippen LogP contribution in [0.15, 0.2) is 0 Å². The van der Waals surface area contributed by atoms with Crippen molar-refractivity contribution in [3.8, 4) is 0 Å². The van der Waals surface area contributed by atoms with Crippen LogP contribution in [0.1, 0.15) is 38.9 Å². The number of nitrogens with zero attached hydrogens (tertiary/aromatic N) is 3. The summed E-state index contributed by atoms with van der Waals surface area (Å²) in [7, 11) is 0. The Morgan fingerprint density at radius 2 is 2.06 bits per heavy atom. The SMILES string of the molecule is CCNc1nnc(CCC2CCNCC2)n1CC. The molecule has 1 aliphatic heterocycles. The first-order chi connectivity index (χ1) is 8.85. The Hall–Kier alpha value is -1.10. The number of hydrogen-bond donors (Lipinski definition) is 2. The fraction of sp³-hybridized carbons (Fsp3) is 0.846. The van der Waals surface area contributed by atoms with Crippen molar-refractivity contribution in [1.82, 2.24) is 20.1 Å². The number of nitrogens with one attached hydrogen (secondary N) is 2.